The Kier molecular flexibility index (Phi) is 5.07. The second-order valence-electron chi connectivity index (χ2n) is 5.99. The van der Waals surface area contributed by atoms with Crippen molar-refractivity contribution in [3.63, 3.8) is 0 Å². The molecule has 0 saturated heterocycles. The molecule has 0 bridgehead atoms. The minimum absolute atomic E-state index is 0.258. The summed E-state index contributed by atoms with van der Waals surface area (Å²) in [6, 6.07) is 11.6. The SMILES string of the molecule is CSc1ncc(C(=O)NCCc2nnc3ccccn23)n1-c1ccc(F)cc1. The summed E-state index contributed by atoms with van der Waals surface area (Å²) in [6.07, 6.45) is 5.83. The molecule has 0 aliphatic heterocycles. The Labute approximate surface area is 164 Å². The molecule has 0 aliphatic rings. The molecule has 0 unspecified atom stereocenters. The van der Waals surface area contributed by atoms with Crippen LogP contribution in [0, 0.1) is 5.82 Å². The number of imidazole rings is 1. The highest BCUT2D eigenvalue weighted by Gasteiger charge is 2.17. The summed E-state index contributed by atoms with van der Waals surface area (Å²) in [5, 5.41) is 11.8. The van der Waals surface area contributed by atoms with Gasteiger partial charge in [-0.2, -0.15) is 0 Å². The number of benzene rings is 1. The van der Waals surface area contributed by atoms with Gasteiger partial charge in [-0.15, -0.1) is 10.2 Å². The summed E-state index contributed by atoms with van der Waals surface area (Å²) in [5.74, 6) is 0.180. The van der Waals surface area contributed by atoms with Crippen LogP contribution in [0.4, 0.5) is 4.39 Å². The molecule has 0 spiro atoms. The number of hydrogen-bond donors (Lipinski definition) is 1. The van der Waals surface area contributed by atoms with Crippen LogP contribution in [0.25, 0.3) is 11.3 Å². The van der Waals surface area contributed by atoms with E-state index in [4.69, 9.17) is 0 Å². The highest BCUT2D eigenvalue weighted by atomic mass is 32.2. The number of amides is 1. The summed E-state index contributed by atoms with van der Waals surface area (Å²) in [4.78, 5) is 17.0. The summed E-state index contributed by atoms with van der Waals surface area (Å²) < 4.78 is 16.9. The van der Waals surface area contributed by atoms with E-state index in [9.17, 15) is 9.18 Å². The van der Waals surface area contributed by atoms with Crippen molar-refractivity contribution in [3.05, 3.63) is 72.2 Å². The fourth-order valence-corrected chi connectivity index (χ4v) is 3.46. The molecule has 1 N–H and O–H groups in total. The molecule has 0 saturated carbocycles. The zero-order valence-corrected chi connectivity index (χ0v) is 15.9. The van der Waals surface area contributed by atoms with Gasteiger partial charge < -0.3 is 5.32 Å². The number of halogens is 1. The Morgan fingerprint density at radius 1 is 1.18 bits per heavy atom. The van der Waals surface area contributed by atoms with Crippen LogP contribution in [0.15, 0.2) is 60.0 Å². The molecule has 7 nitrogen and oxygen atoms in total. The predicted octanol–water partition coefficient (Wildman–Crippen LogP) is 2.75. The van der Waals surface area contributed by atoms with E-state index in [-0.39, 0.29) is 11.7 Å². The van der Waals surface area contributed by atoms with Crippen LogP contribution in [0.2, 0.25) is 0 Å². The molecule has 0 fully saturated rings. The Bertz CT molecular complexity index is 1120. The Hall–Kier alpha value is -3.20. The molecule has 3 heterocycles. The van der Waals surface area contributed by atoms with Gasteiger partial charge >= 0.3 is 0 Å². The zero-order valence-electron chi connectivity index (χ0n) is 15.0. The predicted molar refractivity (Wildman–Crippen MR) is 104 cm³/mol. The molecule has 0 atom stereocenters. The monoisotopic (exact) mass is 396 g/mol. The van der Waals surface area contributed by atoms with Gasteiger partial charge in [0.05, 0.1) is 6.20 Å². The van der Waals surface area contributed by atoms with Gasteiger partial charge in [-0.25, -0.2) is 9.37 Å². The van der Waals surface area contributed by atoms with Crippen LogP contribution in [-0.4, -0.2) is 42.9 Å². The van der Waals surface area contributed by atoms with Crippen molar-refractivity contribution < 1.29 is 9.18 Å². The van der Waals surface area contributed by atoms with Crippen molar-refractivity contribution in [2.45, 2.75) is 11.6 Å². The molecule has 1 amide bonds. The second-order valence-corrected chi connectivity index (χ2v) is 6.77. The maximum atomic E-state index is 13.3. The zero-order chi connectivity index (χ0) is 19.5. The van der Waals surface area contributed by atoms with E-state index in [1.165, 1.54) is 30.1 Å². The van der Waals surface area contributed by atoms with Crippen LogP contribution in [0.5, 0.6) is 0 Å². The number of nitrogens with zero attached hydrogens (tertiary/aromatic N) is 5. The van der Waals surface area contributed by atoms with Gasteiger partial charge in [0, 0.05) is 24.8 Å². The van der Waals surface area contributed by atoms with Crippen molar-refractivity contribution in [2.75, 3.05) is 12.8 Å². The van der Waals surface area contributed by atoms with Crippen molar-refractivity contribution >= 4 is 23.3 Å². The Morgan fingerprint density at radius 2 is 2.00 bits per heavy atom. The number of rotatable bonds is 6. The molecule has 3 aromatic heterocycles. The molecule has 4 rings (SSSR count). The minimum atomic E-state index is -0.332. The van der Waals surface area contributed by atoms with E-state index in [0.29, 0.717) is 29.5 Å². The number of fused-ring (bicyclic) bond motifs is 1. The Balaban J connectivity index is 1.50. The number of carbonyl (C=O) groups excluding carboxylic acids is 1. The summed E-state index contributed by atoms with van der Waals surface area (Å²) in [5.41, 5.74) is 1.83. The number of carbonyl (C=O) groups is 1. The lowest BCUT2D eigenvalue weighted by Gasteiger charge is -2.11. The highest BCUT2D eigenvalue weighted by Crippen LogP contribution is 2.22. The number of nitrogens with one attached hydrogen (secondary N) is 1. The molecule has 28 heavy (non-hydrogen) atoms. The van der Waals surface area contributed by atoms with Gasteiger partial charge in [0.2, 0.25) is 0 Å². The van der Waals surface area contributed by atoms with Crippen molar-refractivity contribution in [3.8, 4) is 5.69 Å². The lowest BCUT2D eigenvalue weighted by Crippen LogP contribution is -2.28. The van der Waals surface area contributed by atoms with Gasteiger partial charge in [-0.05, 0) is 42.7 Å². The minimum Gasteiger partial charge on any atom is -0.350 e. The van der Waals surface area contributed by atoms with Crippen LogP contribution >= 0.6 is 11.8 Å². The maximum Gasteiger partial charge on any atom is 0.269 e. The van der Waals surface area contributed by atoms with Gasteiger partial charge in [0.25, 0.3) is 5.91 Å². The van der Waals surface area contributed by atoms with E-state index in [2.05, 4.69) is 20.5 Å². The first-order valence-electron chi connectivity index (χ1n) is 8.62. The van der Waals surface area contributed by atoms with E-state index in [0.717, 1.165) is 11.5 Å². The summed E-state index contributed by atoms with van der Waals surface area (Å²) in [7, 11) is 0. The third-order valence-electron chi connectivity index (χ3n) is 4.25. The van der Waals surface area contributed by atoms with Crippen LogP contribution in [0.3, 0.4) is 0 Å². The summed E-state index contributed by atoms with van der Waals surface area (Å²) >= 11 is 1.41. The van der Waals surface area contributed by atoms with Gasteiger partial charge in [-0.1, -0.05) is 17.8 Å². The quantitative estimate of drug-likeness (QED) is 0.507. The van der Waals surface area contributed by atoms with E-state index < -0.39 is 0 Å². The third kappa shape index (κ3) is 3.48. The fourth-order valence-electron chi connectivity index (χ4n) is 2.92. The molecule has 142 valence electrons. The third-order valence-corrected chi connectivity index (χ3v) is 4.90. The standard InChI is InChI=1S/C19H17FN6OS/c1-28-19-22-12-15(26(19)14-7-5-13(20)6-8-14)18(27)21-10-9-17-24-23-16-4-2-3-11-25(16)17/h2-8,11-12H,9-10H2,1H3,(H,21,27). The Morgan fingerprint density at radius 3 is 2.79 bits per heavy atom. The molecular weight excluding hydrogens is 379 g/mol. The second kappa shape index (κ2) is 7.81. The highest BCUT2D eigenvalue weighted by molar-refractivity contribution is 7.98. The average Bonchev–Trinajstić information content (AvgIpc) is 3.33. The van der Waals surface area contributed by atoms with E-state index >= 15 is 0 Å². The van der Waals surface area contributed by atoms with Crippen molar-refractivity contribution in [2.24, 2.45) is 0 Å². The molecular formula is C19H17FN6OS. The van der Waals surface area contributed by atoms with Gasteiger partial charge in [0.1, 0.15) is 17.3 Å². The molecule has 1 aromatic carbocycles. The van der Waals surface area contributed by atoms with E-state index in [1.54, 1.807) is 16.7 Å². The van der Waals surface area contributed by atoms with Crippen LogP contribution in [-0.2, 0) is 6.42 Å². The first-order chi connectivity index (χ1) is 13.7. The number of aromatic nitrogens is 5. The first kappa shape index (κ1) is 18.2. The first-order valence-corrected chi connectivity index (χ1v) is 9.84. The largest absolute Gasteiger partial charge is 0.350 e. The van der Waals surface area contributed by atoms with E-state index in [1.807, 2.05) is 35.1 Å². The number of pyridine rings is 1. The number of thioether (sulfide) groups is 1. The maximum absolute atomic E-state index is 13.3. The van der Waals surface area contributed by atoms with Crippen molar-refractivity contribution in [1.82, 2.24) is 29.5 Å². The van der Waals surface area contributed by atoms with Crippen LogP contribution < -0.4 is 5.32 Å². The average molecular weight is 396 g/mol. The lowest BCUT2D eigenvalue weighted by atomic mass is 10.3. The topological polar surface area (TPSA) is 77.1 Å². The normalized spacial score (nSPS) is 11.1. The molecule has 0 radical (unpaired) electrons. The molecule has 9 heteroatoms. The molecule has 4 aromatic rings. The summed E-state index contributed by atoms with van der Waals surface area (Å²) in [6.45, 7) is 0.401. The van der Waals surface area contributed by atoms with Gasteiger partial charge in [-0.3, -0.25) is 13.8 Å². The smallest absolute Gasteiger partial charge is 0.269 e. The lowest BCUT2D eigenvalue weighted by molar-refractivity contribution is 0.0946. The molecule has 0 aliphatic carbocycles. The van der Waals surface area contributed by atoms with Crippen molar-refractivity contribution in [1.29, 1.82) is 0 Å². The fraction of sp³-hybridized carbons (Fsp3) is 0.158. The van der Waals surface area contributed by atoms with Gasteiger partial charge in [0.15, 0.2) is 10.8 Å². The number of hydrogen-bond acceptors (Lipinski definition) is 5. The van der Waals surface area contributed by atoms with Crippen LogP contribution in [0.1, 0.15) is 16.3 Å².